The zero-order chi connectivity index (χ0) is 16.5. The molecular weight excluding hydrogens is 296 g/mol. The van der Waals surface area contributed by atoms with Crippen molar-refractivity contribution in [2.45, 2.75) is 19.4 Å². The first-order valence-electron chi connectivity index (χ1n) is 8.29. The van der Waals surface area contributed by atoms with Crippen molar-refractivity contribution >= 4 is 11.5 Å². The fraction of sp³-hybridized carbons (Fsp3) is 0.190. The molecule has 24 heavy (non-hydrogen) atoms. The lowest BCUT2D eigenvalue weighted by Gasteiger charge is -2.21. The second-order valence-electron chi connectivity index (χ2n) is 6.25. The molecule has 2 heterocycles. The van der Waals surface area contributed by atoms with Gasteiger partial charge in [0.1, 0.15) is 11.9 Å². The lowest BCUT2D eigenvalue weighted by molar-refractivity contribution is 0.220. The summed E-state index contributed by atoms with van der Waals surface area (Å²) in [6.45, 7) is 3.01. The highest BCUT2D eigenvalue weighted by molar-refractivity contribution is 5.69. The maximum atomic E-state index is 10.6. The monoisotopic (exact) mass is 316 g/mol. The fourth-order valence-corrected chi connectivity index (χ4v) is 3.41. The van der Waals surface area contributed by atoms with Crippen molar-refractivity contribution in [3.05, 3.63) is 89.1 Å². The number of aliphatic hydroxyl groups excluding tert-OH is 1. The molecule has 1 aliphatic rings. The third kappa shape index (κ3) is 2.57. The lowest BCUT2D eigenvalue weighted by atomic mass is 10.0. The van der Waals surface area contributed by atoms with Gasteiger partial charge < -0.3 is 10.0 Å². The first-order valence-corrected chi connectivity index (χ1v) is 8.29. The molecule has 3 nitrogen and oxygen atoms in total. The average molecular weight is 316 g/mol. The Morgan fingerprint density at radius 2 is 1.75 bits per heavy atom. The van der Waals surface area contributed by atoms with Crippen molar-refractivity contribution < 1.29 is 5.11 Å². The minimum absolute atomic E-state index is 0.641. The summed E-state index contributed by atoms with van der Waals surface area (Å²) in [4.78, 5) is 6.94. The molecule has 3 aromatic rings. The van der Waals surface area contributed by atoms with Gasteiger partial charge in [0.25, 0.3) is 0 Å². The normalized spacial score (nSPS) is 14.5. The van der Waals surface area contributed by atoms with Crippen LogP contribution in [0.5, 0.6) is 0 Å². The highest BCUT2D eigenvalue weighted by atomic mass is 16.3. The van der Waals surface area contributed by atoms with Gasteiger partial charge in [0.15, 0.2) is 0 Å². The molecular formula is C21H20N2O. The Kier molecular flexibility index (Phi) is 3.79. The predicted molar refractivity (Wildman–Crippen MR) is 96.6 cm³/mol. The Balaban J connectivity index is 1.66. The van der Waals surface area contributed by atoms with Crippen LogP contribution in [0.2, 0.25) is 0 Å². The van der Waals surface area contributed by atoms with E-state index in [0.29, 0.717) is 0 Å². The molecule has 0 fully saturated rings. The molecule has 0 saturated carbocycles. The number of pyridine rings is 1. The maximum absolute atomic E-state index is 10.6. The van der Waals surface area contributed by atoms with Crippen molar-refractivity contribution in [1.29, 1.82) is 0 Å². The minimum Gasteiger partial charge on any atom is -0.384 e. The summed E-state index contributed by atoms with van der Waals surface area (Å²) in [5.74, 6) is 0.976. The summed E-state index contributed by atoms with van der Waals surface area (Å²) in [5, 5.41) is 10.6. The molecule has 0 saturated heterocycles. The second kappa shape index (κ2) is 6.10. The summed E-state index contributed by atoms with van der Waals surface area (Å²) < 4.78 is 0. The Hall–Kier alpha value is -2.65. The molecule has 1 aliphatic heterocycles. The van der Waals surface area contributed by atoms with Gasteiger partial charge in [0.2, 0.25) is 0 Å². The predicted octanol–water partition coefficient (Wildman–Crippen LogP) is 4.17. The van der Waals surface area contributed by atoms with Crippen molar-refractivity contribution in [3.63, 3.8) is 0 Å². The Morgan fingerprint density at radius 3 is 2.54 bits per heavy atom. The van der Waals surface area contributed by atoms with Crippen LogP contribution in [-0.4, -0.2) is 16.6 Å². The van der Waals surface area contributed by atoms with Crippen LogP contribution in [-0.2, 0) is 6.42 Å². The third-order valence-electron chi connectivity index (χ3n) is 4.65. The molecule has 1 N–H and O–H groups in total. The van der Waals surface area contributed by atoms with Crippen LogP contribution in [0.1, 0.15) is 28.4 Å². The SMILES string of the molecule is Cc1cc([C@H](O)c2ccccc2)cnc1N1CCc2ccccc21. The summed E-state index contributed by atoms with van der Waals surface area (Å²) in [5.41, 5.74) is 5.41. The number of aliphatic hydroxyl groups is 1. The van der Waals surface area contributed by atoms with E-state index in [-0.39, 0.29) is 0 Å². The van der Waals surface area contributed by atoms with E-state index in [1.165, 1.54) is 11.3 Å². The van der Waals surface area contributed by atoms with Crippen LogP contribution in [0.25, 0.3) is 0 Å². The summed E-state index contributed by atoms with van der Waals surface area (Å²) in [6, 6.07) is 20.2. The number of anilines is 2. The van der Waals surface area contributed by atoms with Crippen LogP contribution >= 0.6 is 0 Å². The first kappa shape index (κ1) is 14.9. The number of benzene rings is 2. The molecule has 4 rings (SSSR count). The number of para-hydroxylation sites is 1. The molecule has 120 valence electrons. The van der Waals surface area contributed by atoms with Gasteiger partial charge in [0, 0.05) is 24.0 Å². The standard InChI is InChI=1S/C21H20N2O/c1-15-13-18(20(24)17-8-3-2-4-9-17)14-22-21(15)23-12-11-16-7-5-6-10-19(16)23/h2-10,13-14,20,24H,11-12H2,1H3/t20-/m1/s1. The van der Waals surface area contributed by atoms with Gasteiger partial charge in [-0.2, -0.15) is 0 Å². The van der Waals surface area contributed by atoms with Crippen LogP contribution < -0.4 is 4.90 Å². The molecule has 3 heteroatoms. The summed E-state index contributed by atoms with van der Waals surface area (Å²) in [6.07, 6.45) is 2.20. The molecule has 0 radical (unpaired) electrons. The molecule has 0 aliphatic carbocycles. The largest absolute Gasteiger partial charge is 0.384 e. The molecule has 2 aromatic carbocycles. The van der Waals surface area contributed by atoms with Gasteiger partial charge in [-0.15, -0.1) is 0 Å². The van der Waals surface area contributed by atoms with Gasteiger partial charge in [0.05, 0.1) is 0 Å². The van der Waals surface area contributed by atoms with Gasteiger partial charge in [-0.25, -0.2) is 4.98 Å². The van der Waals surface area contributed by atoms with E-state index < -0.39 is 6.10 Å². The smallest absolute Gasteiger partial charge is 0.135 e. The van der Waals surface area contributed by atoms with Crippen LogP contribution in [0.4, 0.5) is 11.5 Å². The van der Waals surface area contributed by atoms with E-state index >= 15 is 0 Å². The third-order valence-corrected chi connectivity index (χ3v) is 4.65. The van der Waals surface area contributed by atoms with E-state index in [1.54, 1.807) is 6.20 Å². The van der Waals surface area contributed by atoms with Crippen molar-refractivity contribution in [2.75, 3.05) is 11.4 Å². The van der Waals surface area contributed by atoms with Crippen molar-refractivity contribution in [2.24, 2.45) is 0 Å². The number of fused-ring (bicyclic) bond motifs is 1. The lowest BCUT2D eigenvalue weighted by Crippen LogP contribution is -2.16. The molecule has 0 unspecified atom stereocenters. The number of aryl methyl sites for hydroxylation is 1. The fourth-order valence-electron chi connectivity index (χ4n) is 3.41. The maximum Gasteiger partial charge on any atom is 0.135 e. The van der Waals surface area contributed by atoms with E-state index in [1.807, 2.05) is 36.4 Å². The van der Waals surface area contributed by atoms with Gasteiger partial charge in [-0.3, -0.25) is 0 Å². The summed E-state index contributed by atoms with van der Waals surface area (Å²) >= 11 is 0. The minimum atomic E-state index is -0.641. The Labute approximate surface area is 142 Å². The number of hydrogen-bond acceptors (Lipinski definition) is 3. The average Bonchev–Trinajstić information content (AvgIpc) is 3.06. The molecule has 1 atom stereocenters. The number of nitrogens with zero attached hydrogens (tertiary/aromatic N) is 2. The number of rotatable bonds is 3. The highest BCUT2D eigenvalue weighted by Crippen LogP contribution is 2.35. The zero-order valence-corrected chi connectivity index (χ0v) is 13.7. The van der Waals surface area contributed by atoms with Gasteiger partial charge >= 0.3 is 0 Å². The van der Waals surface area contributed by atoms with E-state index in [4.69, 9.17) is 0 Å². The van der Waals surface area contributed by atoms with Crippen LogP contribution in [0.3, 0.4) is 0 Å². The van der Waals surface area contributed by atoms with Gasteiger partial charge in [-0.05, 0) is 42.2 Å². The van der Waals surface area contributed by atoms with E-state index in [0.717, 1.165) is 35.5 Å². The quantitative estimate of drug-likeness (QED) is 0.788. The van der Waals surface area contributed by atoms with Crippen molar-refractivity contribution in [1.82, 2.24) is 4.98 Å². The molecule has 1 aromatic heterocycles. The zero-order valence-electron chi connectivity index (χ0n) is 13.7. The Morgan fingerprint density at radius 1 is 1.00 bits per heavy atom. The molecule has 0 bridgehead atoms. The second-order valence-corrected chi connectivity index (χ2v) is 6.25. The number of hydrogen-bond donors (Lipinski definition) is 1. The number of aromatic nitrogens is 1. The van der Waals surface area contributed by atoms with E-state index in [2.05, 4.69) is 41.1 Å². The molecule has 0 amide bonds. The van der Waals surface area contributed by atoms with Crippen molar-refractivity contribution in [3.8, 4) is 0 Å². The van der Waals surface area contributed by atoms with Crippen LogP contribution in [0.15, 0.2) is 66.9 Å². The highest BCUT2D eigenvalue weighted by Gasteiger charge is 2.22. The van der Waals surface area contributed by atoms with E-state index in [9.17, 15) is 5.11 Å². The topological polar surface area (TPSA) is 36.4 Å². The molecule has 0 spiro atoms. The first-order chi connectivity index (χ1) is 11.7. The summed E-state index contributed by atoms with van der Waals surface area (Å²) in [7, 11) is 0. The Bertz CT molecular complexity index is 861. The van der Waals surface area contributed by atoms with Gasteiger partial charge in [-0.1, -0.05) is 48.5 Å². The van der Waals surface area contributed by atoms with Crippen LogP contribution in [0, 0.1) is 6.92 Å².